The lowest BCUT2D eigenvalue weighted by Crippen LogP contribution is -2.52. The summed E-state index contributed by atoms with van der Waals surface area (Å²) >= 11 is 5.61. The predicted octanol–water partition coefficient (Wildman–Crippen LogP) is 2.44. The van der Waals surface area contributed by atoms with Gasteiger partial charge in [0.05, 0.1) is 17.2 Å². The monoisotopic (exact) mass is 314 g/mol. The van der Waals surface area contributed by atoms with Gasteiger partial charge in [-0.15, -0.1) is 0 Å². The molecule has 0 aromatic heterocycles. The number of halogens is 2. The summed E-state index contributed by atoms with van der Waals surface area (Å²) < 4.78 is 18.6. The first-order valence-electron chi connectivity index (χ1n) is 6.57. The van der Waals surface area contributed by atoms with Crippen LogP contribution in [0.1, 0.15) is 24.2 Å². The molecule has 7 heteroatoms. The molecule has 1 aliphatic heterocycles. The Labute approximate surface area is 127 Å². The van der Waals surface area contributed by atoms with E-state index in [4.69, 9.17) is 16.3 Å². The molecular formula is C14H16ClFN2O3. The topological polar surface area (TPSA) is 58.6 Å². The first kappa shape index (κ1) is 15.7. The van der Waals surface area contributed by atoms with Gasteiger partial charge in [0.1, 0.15) is 5.82 Å². The highest BCUT2D eigenvalue weighted by atomic mass is 35.5. The van der Waals surface area contributed by atoms with E-state index in [2.05, 4.69) is 5.32 Å². The van der Waals surface area contributed by atoms with Crippen molar-refractivity contribution in [3.63, 3.8) is 0 Å². The average Bonchev–Trinajstić information content (AvgIpc) is 2.40. The summed E-state index contributed by atoms with van der Waals surface area (Å²) in [6.45, 7) is 4.54. The van der Waals surface area contributed by atoms with E-state index in [1.165, 1.54) is 17.0 Å². The molecule has 1 saturated heterocycles. The predicted molar refractivity (Wildman–Crippen MR) is 75.9 cm³/mol. The Morgan fingerprint density at radius 1 is 1.33 bits per heavy atom. The van der Waals surface area contributed by atoms with Gasteiger partial charge in [-0.1, -0.05) is 11.6 Å². The highest BCUT2D eigenvalue weighted by Gasteiger charge is 2.27. The Balaban J connectivity index is 2.01. The molecule has 0 bridgehead atoms. The number of morpholine rings is 1. The summed E-state index contributed by atoms with van der Waals surface area (Å²) in [5, 5.41) is 2.10. The molecule has 2 rings (SSSR count). The Morgan fingerprint density at radius 2 is 1.95 bits per heavy atom. The van der Waals surface area contributed by atoms with Gasteiger partial charge in [-0.3, -0.25) is 10.1 Å². The molecular weight excluding hydrogens is 299 g/mol. The maximum absolute atomic E-state index is 13.0. The molecule has 1 aromatic rings. The van der Waals surface area contributed by atoms with E-state index in [1.807, 2.05) is 13.8 Å². The van der Waals surface area contributed by atoms with Gasteiger partial charge >= 0.3 is 6.03 Å². The number of amides is 3. The Bertz CT molecular complexity index is 557. The second-order valence-electron chi connectivity index (χ2n) is 5.05. The number of carbonyl (C=O) groups excluding carboxylic acids is 2. The maximum atomic E-state index is 13.0. The largest absolute Gasteiger partial charge is 0.372 e. The van der Waals surface area contributed by atoms with Crippen molar-refractivity contribution in [1.82, 2.24) is 10.2 Å². The van der Waals surface area contributed by atoms with Gasteiger partial charge in [0.2, 0.25) is 0 Å². The summed E-state index contributed by atoms with van der Waals surface area (Å²) in [6, 6.07) is 3.04. The normalized spacial score (nSPS) is 22.0. The Morgan fingerprint density at radius 3 is 2.52 bits per heavy atom. The minimum Gasteiger partial charge on any atom is -0.372 e. The second kappa shape index (κ2) is 6.41. The molecule has 21 heavy (non-hydrogen) atoms. The number of urea groups is 1. The molecule has 1 heterocycles. The SMILES string of the molecule is CC1CN(C(=O)NC(=O)c2ccc(F)c(Cl)c2)CC(C)O1. The van der Waals surface area contributed by atoms with E-state index < -0.39 is 17.8 Å². The zero-order valence-corrected chi connectivity index (χ0v) is 12.5. The van der Waals surface area contributed by atoms with Crippen molar-refractivity contribution in [2.24, 2.45) is 0 Å². The van der Waals surface area contributed by atoms with Crippen LogP contribution < -0.4 is 5.32 Å². The highest BCUT2D eigenvalue weighted by molar-refractivity contribution is 6.31. The van der Waals surface area contributed by atoms with Crippen LogP contribution in [-0.2, 0) is 4.74 Å². The highest BCUT2D eigenvalue weighted by Crippen LogP contribution is 2.16. The number of benzene rings is 1. The summed E-state index contributed by atoms with van der Waals surface area (Å²) in [5.41, 5.74) is 0.129. The molecule has 2 unspecified atom stereocenters. The minimum absolute atomic E-state index is 0.0881. The summed E-state index contributed by atoms with van der Waals surface area (Å²) in [4.78, 5) is 25.5. The van der Waals surface area contributed by atoms with E-state index >= 15 is 0 Å². The molecule has 0 radical (unpaired) electrons. The minimum atomic E-state index is -0.617. The van der Waals surface area contributed by atoms with Gasteiger partial charge in [-0.25, -0.2) is 9.18 Å². The quantitative estimate of drug-likeness (QED) is 0.866. The molecule has 5 nitrogen and oxygen atoms in total. The number of nitrogens with zero attached hydrogens (tertiary/aromatic N) is 1. The summed E-state index contributed by atoms with van der Waals surface area (Å²) in [7, 11) is 0. The summed E-state index contributed by atoms with van der Waals surface area (Å²) in [6.07, 6.45) is -0.176. The molecule has 0 aliphatic carbocycles. The maximum Gasteiger partial charge on any atom is 0.324 e. The number of carbonyl (C=O) groups is 2. The summed E-state index contributed by atoms with van der Waals surface area (Å²) in [5.74, 6) is -1.23. The van der Waals surface area contributed by atoms with Crippen molar-refractivity contribution < 1.29 is 18.7 Å². The van der Waals surface area contributed by atoms with Crippen LogP contribution in [0.15, 0.2) is 18.2 Å². The molecule has 0 spiro atoms. The lowest BCUT2D eigenvalue weighted by atomic mass is 10.2. The Hall–Kier alpha value is -1.66. The van der Waals surface area contributed by atoms with E-state index in [0.29, 0.717) is 13.1 Å². The van der Waals surface area contributed by atoms with Crippen LogP contribution >= 0.6 is 11.6 Å². The number of ether oxygens (including phenoxy) is 1. The number of hydrogen-bond acceptors (Lipinski definition) is 3. The van der Waals surface area contributed by atoms with E-state index in [-0.39, 0.29) is 22.8 Å². The molecule has 1 fully saturated rings. The number of nitrogens with one attached hydrogen (secondary N) is 1. The molecule has 1 N–H and O–H groups in total. The van der Waals surface area contributed by atoms with Gasteiger partial charge in [0.15, 0.2) is 0 Å². The Kier molecular flexibility index (Phi) is 4.80. The van der Waals surface area contributed by atoms with Gasteiger partial charge in [0, 0.05) is 18.7 Å². The first-order valence-corrected chi connectivity index (χ1v) is 6.95. The molecule has 0 saturated carbocycles. The molecule has 1 aliphatic rings. The van der Waals surface area contributed by atoms with Gasteiger partial charge < -0.3 is 9.64 Å². The van der Waals surface area contributed by atoms with Gasteiger partial charge in [-0.05, 0) is 32.0 Å². The van der Waals surface area contributed by atoms with Crippen LogP contribution in [0, 0.1) is 5.82 Å². The standard InChI is InChI=1S/C14H16ClFN2O3/c1-8-6-18(7-9(2)21-8)14(20)17-13(19)10-3-4-12(16)11(15)5-10/h3-5,8-9H,6-7H2,1-2H3,(H,17,19,20). The van der Waals surface area contributed by atoms with Crippen molar-refractivity contribution >= 4 is 23.5 Å². The first-order chi connectivity index (χ1) is 9.86. The van der Waals surface area contributed by atoms with Gasteiger partial charge in [0.25, 0.3) is 5.91 Å². The fraction of sp³-hybridized carbons (Fsp3) is 0.429. The van der Waals surface area contributed by atoms with Crippen molar-refractivity contribution in [2.75, 3.05) is 13.1 Å². The van der Waals surface area contributed by atoms with E-state index in [9.17, 15) is 14.0 Å². The zero-order valence-electron chi connectivity index (χ0n) is 11.7. The fourth-order valence-electron chi connectivity index (χ4n) is 2.23. The van der Waals surface area contributed by atoms with Crippen LogP contribution in [0.4, 0.5) is 9.18 Å². The van der Waals surface area contributed by atoms with E-state index in [1.54, 1.807) is 0 Å². The van der Waals surface area contributed by atoms with Crippen molar-refractivity contribution in [3.05, 3.63) is 34.6 Å². The third-order valence-corrected chi connectivity index (χ3v) is 3.40. The molecule has 1 aromatic carbocycles. The van der Waals surface area contributed by atoms with Crippen molar-refractivity contribution in [3.8, 4) is 0 Å². The third kappa shape index (κ3) is 3.92. The fourth-order valence-corrected chi connectivity index (χ4v) is 2.41. The number of imide groups is 1. The second-order valence-corrected chi connectivity index (χ2v) is 5.46. The average molecular weight is 315 g/mol. The van der Waals surface area contributed by atoms with E-state index in [0.717, 1.165) is 6.07 Å². The lowest BCUT2D eigenvalue weighted by molar-refractivity contribution is -0.0543. The smallest absolute Gasteiger partial charge is 0.324 e. The van der Waals surface area contributed by atoms with Crippen molar-refractivity contribution in [2.45, 2.75) is 26.1 Å². The molecule has 114 valence electrons. The van der Waals surface area contributed by atoms with Crippen LogP contribution in [0.5, 0.6) is 0 Å². The number of rotatable bonds is 1. The van der Waals surface area contributed by atoms with Crippen LogP contribution in [0.3, 0.4) is 0 Å². The van der Waals surface area contributed by atoms with Crippen molar-refractivity contribution in [1.29, 1.82) is 0 Å². The lowest BCUT2D eigenvalue weighted by Gasteiger charge is -2.35. The zero-order chi connectivity index (χ0) is 15.6. The van der Waals surface area contributed by atoms with Crippen LogP contribution in [-0.4, -0.2) is 42.1 Å². The third-order valence-electron chi connectivity index (χ3n) is 3.11. The number of hydrogen-bond donors (Lipinski definition) is 1. The van der Waals surface area contributed by atoms with Crippen LogP contribution in [0.25, 0.3) is 0 Å². The van der Waals surface area contributed by atoms with Crippen LogP contribution in [0.2, 0.25) is 5.02 Å². The molecule has 2 atom stereocenters. The van der Waals surface area contributed by atoms with Gasteiger partial charge in [-0.2, -0.15) is 0 Å². The molecule has 3 amide bonds.